The molecule has 0 aliphatic carbocycles. The van der Waals surface area contributed by atoms with Crippen molar-refractivity contribution >= 4 is 0 Å². The SMILES string of the molecule is CC(C)Cc1ccccc1CCc1ccccc1. The van der Waals surface area contributed by atoms with E-state index >= 15 is 0 Å². The van der Waals surface area contributed by atoms with Gasteiger partial charge in [-0.1, -0.05) is 68.4 Å². The number of rotatable bonds is 5. The largest absolute Gasteiger partial charge is 0.0625 e. The lowest BCUT2D eigenvalue weighted by atomic mass is 9.94. The summed E-state index contributed by atoms with van der Waals surface area (Å²) < 4.78 is 0. The van der Waals surface area contributed by atoms with Gasteiger partial charge in [0.25, 0.3) is 0 Å². The van der Waals surface area contributed by atoms with Crippen LogP contribution in [0.2, 0.25) is 0 Å². The number of benzene rings is 2. The monoisotopic (exact) mass is 238 g/mol. The fourth-order valence-corrected chi connectivity index (χ4v) is 2.36. The molecule has 2 aromatic carbocycles. The fraction of sp³-hybridized carbons (Fsp3) is 0.333. The predicted molar refractivity (Wildman–Crippen MR) is 78.8 cm³/mol. The molecule has 0 atom stereocenters. The smallest absolute Gasteiger partial charge is 0.0236 e. The Morgan fingerprint density at radius 3 is 2.00 bits per heavy atom. The molecule has 0 spiro atoms. The summed E-state index contributed by atoms with van der Waals surface area (Å²) in [6, 6.07) is 19.6. The molecule has 2 rings (SSSR count). The van der Waals surface area contributed by atoms with Crippen molar-refractivity contribution in [3.63, 3.8) is 0 Å². The Kier molecular flexibility index (Phi) is 4.58. The molecule has 94 valence electrons. The van der Waals surface area contributed by atoms with E-state index in [1.807, 2.05) is 0 Å². The Hall–Kier alpha value is -1.56. The second kappa shape index (κ2) is 6.39. The molecule has 0 unspecified atom stereocenters. The molecule has 0 heterocycles. The van der Waals surface area contributed by atoms with Gasteiger partial charge in [-0.3, -0.25) is 0 Å². The molecular weight excluding hydrogens is 216 g/mol. The van der Waals surface area contributed by atoms with Crippen molar-refractivity contribution in [2.75, 3.05) is 0 Å². The van der Waals surface area contributed by atoms with Crippen LogP contribution >= 0.6 is 0 Å². The summed E-state index contributed by atoms with van der Waals surface area (Å²) in [4.78, 5) is 0. The molecule has 0 aliphatic heterocycles. The highest BCUT2D eigenvalue weighted by atomic mass is 14.1. The zero-order valence-corrected chi connectivity index (χ0v) is 11.4. The van der Waals surface area contributed by atoms with Gasteiger partial charge in [0.15, 0.2) is 0 Å². The quantitative estimate of drug-likeness (QED) is 0.710. The van der Waals surface area contributed by atoms with Crippen LogP contribution in [0.5, 0.6) is 0 Å². The lowest BCUT2D eigenvalue weighted by Crippen LogP contribution is -2.01. The van der Waals surface area contributed by atoms with E-state index in [2.05, 4.69) is 68.4 Å². The van der Waals surface area contributed by atoms with Gasteiger partial charge in [0, 0.05) is 0 Å². The molecular formula is C18H22. The van der Waals surface area contributed by atoms with Gasteiger partial charge in [0.2, 0.25) is 0 Å². The Morgan fingerprint density at radius 2 is 1.33 bits per heavy atom. The molecule has 18 heavy (non-hydrogen) atoms. The van der Waals surface area contributed by atoms with Crippen LogP contribution in [0.4, 0.5) is 0 Å². The van der Waals surface area contributed by atoms with E-state index in [9.17, 15) is 0 Å². The van der Waals surface area contributed by atoms with Gasteiger partial charge < -0.3 is 0 Å². The average Bonchev–Trinajstić information content (AvgIpc) is 2.38. The average molecular weight is 238 g/mol. The van der Waals surface area contributed by atoms with Gasteiger partial charge in [-0.05, 0) is 41.9 Å². The highest BCUT2D eigenvalue weighted by Crippen LogP contribution is 2.16. The molecule has 0 nitrogen and oxygen atoms in total. The van der Waals surface area contributed by atoms with E-state index < -0.39 is 0 Å². The summed E-state index contributed by atoms with van der Waals surface area (Å²) in [7, 11) is 0. The van der Waals surface area contributed by atoms with Gasteiger partial charge in [-0.25, -0.2) is 0 Å². The molecule has 0 saturated heterocycles. The van der Waals surface area contributed by atoms with Crippen LogP contribution in [0.25, 0.3) is 0 Å². The predicted octanol–water partition coefficient (Wildman–Crippen LogP) is 4.67. The number of hydrogen-bond donors (Lipinski definition) is 0. The van der Waals surface area contributed by atoms with Crippen molar-refractivity contribution in [3.05, 3.63) is 71.3 Å². The maximum absolute atomic E-state index is 2.29. The minimum absolute atomic E-state index is 0.725. The van der Waals surface area contributed by atoms with Gasteiger partial charge >= 0.3 is 0 Å². The van der Waals surface area contributed by atoms with E-state index in [0.29, 0.717) is 0 Å². The van der Waals surface area contributed by atoms with Crippen LogP contribution in [0.15, 0.2) is 54.6 Å². The fourth-order valence-electron chi connectivity index (χ4n) is 2.36. The van der Waals surface area contributed by atoms with E-state index in [0.717, 1.165) is 18.8 Å². The van der Waals surface area contributed by atoms with Crippen molar-refractivity contribution in [2.45, 2.75) is 33.1 Å². The molecule has 0 radical (unpaired) electrons. The van der Waals surface area contributed by atoms with Crippen LogP contribution < -0.4 is 0 Å². The highest BCUT2D eigenvalue weighted by molar-refractivity contribution is 5.29. The normalized spacial score (nSPS) is 10.8. The van der Waals surface area contributed by atoms with Crippen LogP contribution in [-0.2, 0) is 19.3 Å². The molecule has 0 fully saturated rings. The summed E-state index contributed by atoms with van der Waals surface area (Å²) >= 11 is 0. The zero-order valence-electron chi connectivity index (χ0n) is 11.4. The van der Waals surface area contributed by atoms with E-state index in [1.54, 1.807) is 0 Å². The second-order valence-corrected chi connectivity index (χ2v) is 5.35. The molecule has 0 heteroatoms. The van der Waals surface area contributed by atoms with Gasteiger partial charge in [-0.15, -0.1) is 0 Å². The van der Waals surface area contributed by atoms with Crippen LogP contribution in [0.1, 0.15) is 30.5 Å². The van der Waals surface area contributed by atoms with Gasteiger partial charge in [-0.2, -0.15) is 0 Å². The first kappa shape index (κ1) is 12.9. The minimum Gasteiger partial charge on any atom is -0.0625 e. The van der Waals surface area contributed by atoms with Crippen LogP contribution in [0, 0.1) is 5.92 Å². The van der Waals surface area contributed by atoms with Gasteiger partial charge in [0.1, 0.15) is 0 Å². The number of hydrogen-bond acceptors (Lipinski definition) is 0. The summed E-state index contributed by atoms with van der Waals surface area (Å²) in [6.07, 6.45) is 3.47. The molecule has 0 aromatic heterocycles. The van der Waals surface area contributed by atoms with Gasteiger partial charge in [0.05, 0.1) is 0 Å². The summed E-state index contributed by atoms with van der Waals surface area (Å²) in [5, 5.41) is 0. The van der Waals surface area contributed by atoms with Crippen LogP contribution in [0.3, 0.4) is 0 Å². The molecule has 0 N–H and O–H groups in total. The third-order valence-corrected chi connectivity index (χ3v) is 3.27. The summed E-state index contributed by atoms with van der Waals surface area (Å²) in [5.41, 5.74) is 4.45. The Labute approximate surface area is 111 Å². The molecule has 2 aromatic rings. The Bertz CT molecular complexity index is 468. The topological polar surface area (TPSA) is 0 Å². The lowest BCUT2D eigenvalue weighted by molar-refractivity contribution is 0.642. The van der Waals surface area contributed by atoms with E-state index in [4.69, 9.17) is 0 Å². The first-order chi connectivity index (χ1) is 8.75. The van der Waals surface area contributed by atoms with Crippen molar-refractivity contribution in [1.82, 2.24) is 0 Å². The Balaban J connectivity index is 2.05. The van der Waals surface area contributed by atoms with Crippen molar-refractivity contribution in [1.29, 1.82) is 0 Å². The second-order valence-electron chi connectivity index (χ2n) is 5.35. The minimum atomic E-state index is 0.725. The maximum Gasteiger partial charge on any atom is -0.0236 e. The molecule has 0 amide bonds. The standard InChI is InChI=1S/C18H22/c1-15(2)14-18-11-7-6-10-17(18)13-12-16-8-4-3-5-9-16/h3-11,15H,12-14H2,1-2H3. The summed E-state index contributed by atoms with van der Waals surface area (Å²) in [6.45, 7) is 4.57. The van der Waals surface area contributed by atoms with Crippen molar-refractivity contribution in [2.24, 2.45) is 5.92 Å². The number of aryl methyl sites for hydroxylation is 2. The lowest BCUT2D eigenvalue weighted by Gasteiger charge is -2.11. The molecule has 0 saturated carbocycles. The first-order valence-corrected chi connectivity index (χ1v) is 6.86. The van der Waals surface area contributed by atoms with Crippen molar-refractivity contribution in [3.8, 4) is 0 Å². The maximum atomic E-state index is 2.29. The third kappa shape index (κ3) is 3.73. The molecule has 0 aliphatic rings. The zero-order chi connectivity index (χ0) is 12.8. The Morgan fingerprint density at radius 1 is 0.722 bits per heavy atom. The van der Waals surface area contributed by atoms with Crippen LogP contribution in [-0.4, -0.2) is 0 Å². The highest BCUT2D eigenvalue weighted by Gasteiger charge is 2.04. The molecule has 0 bridgehead atoms. The van der Waals surface area contributed by atoms with E-state index in [-0.39, 0.29) is 0 Å². The summed E-state index contributed by atoms with van der Waals surface area (Å²) in [5.74, 6) is 0.725. The third-order valence-electron chi connectivity index (χ3n) is 3.27. The van der Waals surface area contributed by atoms with Crippen molar-refractivity contribution < 1.29 is 0 Å². The van der Waals surface area contributed by atoms with E-state index in [1.165, 1.54) is 23.1 Å². The first-order valence-electron chi connectivity index (χ1n) is 6.86.